The van der Waals surface area contributed by atoms with Crippen LogP contribution < -0.4 is 10.6 Å². The Labute approximate surface area is 151 Å². The highest BCUT2D eigenvalue weighted by Gasteiger charge is 2.24. The second-order valence-corrected chi connectivity index (χ2v) is 5.84. The van der Waals surface area contributed by atoms with Gasteiger partial charge in [0.05, 0.1) is 12.4 Å². The van der Waals surface area contributed by atoms with Crippen LogP contribution in [0.1, 0.15) is 11.3 Å². The fourth-order valence-electron chi connectivity index (χ4n) is 2.53. The summed E-state index contributed by atoms with van der Waals surface area (Å²) in [6, 6.07) is 8.40. The Hall–Kier alpha value is -3.35. The number of ether oxygens (including phenoxy) is 1. The smallest absolute Gasteiger partial charge is 0.408 e. The van der Waals surface area contributed by atoms with Crippen LogP contribution in [0.3, 0.4) is 0 Å². The molecule has 7 nitrogen and oxygen atoms in total. The molecule has 2 amide bonds. The van der Waals surface area contributed by atoms with Crippen LogP contribution in [0, 0.1) is 0 Å². The van der Waals surface area contributed by atoms with Crippen molar-refractivity contribution in [1.82, 2.24) is 20.6 Å². The van der Waals surface area contributed by atoms with Gasteiger partial charge in [0.1, 0.15) is 12.6 Å². The van der Waals surface area contributed by atoms with Gasteiger partial charge in [0.2, 0.25) is 5.91 Å². The average molecular weight is 352 g/mol. The summed E-state index contributed by atoms with van der Waals surface area (Å²) in [5, 5.41) is 5.48. The van der Waals surface area contributed by atoms with Gasteiger partial charge < -0.3 is 20.4 Å². The van der Waals surface area contributed by atoms with E-state index in [0.717, 1.165) is 11.3 Å². The van der Waals surface area contributed by atoms with E-state index in [-0.39, 0.29) is 25.0 Å². The van der Waals surface area contributed by atoms with Crippen molar-refractivity contribution in [2.45, 2.75) is 25.1 Å². The van der Waals surface area contributed by atoms with Crippen LogP contribution in [0.15, 0.2) is 67.2 Å². The van der Waals surface area contributed by atoms with Crippen molar-refractivity contribution in [2.24, 2.45) is 0 Å². The minimum Gasteiger partial charge on any atom is -0.445 e. The number of H-pyrrole nitrogens is 1. The molecule has 3 N–H and O–H groups in total. The zero-order valence-electron chi connectivity index (χ0n) is 14.1. The largest absolute Gasteiger partial charge is 0.445 e. The van der Waals surface area contributed by atoms with E-state index in [1.165, 1.54) is 6.33 Å². The molecule has 3 rings (SSSR count). The first-order valence-electron chi connectivity index (χ1n) is 8.30. The van der Waals surface area contributed by atoms with Crippen LogP contribution in [0.5, 0.6) is 0 Å². The summed E-state index contributed by atoms with van der Waals surface area (Å²) in [5.41, 5.74) is 1.62. The van der Waals surface area contributed by atoms with Crippen molar-refractivity contribution < 1.29 is 14.3 Å². The Bertz CT molecular complexity index is 772. The molecule has 1 aliphatic carbocycles. The van der Waals surface area contributed by atoms with E-state index in [1.807, 2.05) is 54.6 Å². The summed E-state index contributed by atoms with van der Waals surface area (Å²) in [4.78, 5) is 31.6. The van der Waals surface area contributed by atoms with Crippen LogP contribution in [-0.2, 0) is 22.6 Å². The molecule has 0 aliphatic heterocycles. The van der Waals surface area contributed by atoms with Gasteiger partial charge in [0.15, 0.2) is 0 Å². The molecule has 2 aromatic rings. The monoisotopic (exact) mass is 352 g/mol. The van der Waals surface area contributed by atoms with Crippen LogP contribution in [-0.4, -0.2) is 34.1 Å². The zero-order valence-corrected chi connectivity index (χ0v) is 14.1. The molecule has 1 aromatic carbocycles. The molecule has 0 saturated carbocycles. The minimum atomic E-state index is -0.777. The Kier molecular flexibility index (Phi) is 5.82. The summed E-state index contributed by atoms with van der Waals surface area (Å²) in [6.45, 7) is 0.138. The number of amides is 2. The molecule has 0 unspecified atom stereocenters. The normalized spacial score (nSPS) is 14.2. The van der Waals surface area contributed by atoms with E-state index in [2.05, 4.69) is 20.6 Å². The first-order valence-corrected chi connectivity index (χ1v) is 8.30. The molecule has 0 bridgehead atoms. The maximum atomic E-state index is 12.6. The van der Waals surface area contributed by atoms with E-state index in [9.17, 15) is 9.59 Å². The third-order valence-electron chi connectivity index (χ3n) is 3.86. The molecule has 0 spiro atoms. The maximum Gasteiger partial charge on any atom is 0.408 e. The molecular formula is C19H20N4O3. The van der Waals surface area contributed by atoms with Crippen LogP contribution >= 0.6 is 0 Å². The van der Waals surface area contributed by atoms with Gasteiger partial charge >= 0.3 is 6.09 Å². The van der Waals surface area contributed by atoms with Gasteiger partial charge in [0.25, 0.3) is 0 Å². The standard InChI is InChI=1S/C19H20N4O3/c24-18(22-15-8-4-5-9-15)17(10-16-11-20-13-21-16)23-19(25)26-12-14-6-2-1-3-7-14/h1-9,11,13,15,17H,10,12H2,(H,20,21)(H,22,24)(H,23,25)/t17-/m0/s1. The van der Waals surface area contributed by atoms with Crippen molar-refractivity contribution in [3.63, 3.8) is 0 Å². The number of hydrogen-bond acceptors (Lipinski definition) is 4. The first kappa shape index (κ1) is 17.5. The summed E-state index contributed by atoms with van der Waals surface area (Å²) in [5.74, 6) is -0.294. The number of nitrogens with zero attached hydrogens (tertiary/aromatic N) is 1. The fourth-order valence-corrected chi connectivity index (χ4v) is 2.53. The second kappa shape index (κ2) is 8.66. The van der Waals surface area contributed by atoms with Crippen molar-refractivity contribution in [2.75, 3.05) is 0 Å². The molecule has 1 heterocycles. The number of carbonyl (C=O) groups excluding carboxylic acids is 2. The number of aromatic nitrogens is 2. The SMILES string of the molecule is O=C(N[C@@H](Cc1cnc[nH]1)C(=O)NC1C=CC=C1)OCc1ccccc1. The van der Waals surface area contributed by atoms with E-state index in [4.69, 9.17) is 4.74 Å². The molecule has 26 heavy (non-hydrogen) atoms. The van der Waals surface area contributed by atoms with Crippen LogP contribution in [0.4, 0.5) is 4.79 Å². The highest BCUT2D eigenvalue weighted by molar-refractivity contribution is 5.86. The molecule has 0 fully saturated rings. The molecule has 7 heteroatoms. The van der Waals surface area contributed by atoms with Crippen molar-refractivity contribution >= 4 is 12.0 Å². The quantitative estimate of drug-likeness (QED) is 0.709. The number of allylic oxidation sites excluding steroid dienone is 2. The number of carbonyl (C=O) groups is 2. The Morgan fingerprint density at radius 3 is 2.65 bits per heavy atom. The molecule has 134 valence electrons. The van der Waals surface area contributed by atoms with E-state index in [0.29, 0.717) is 0 Å². The molecular weight excluding hydrogens is 332 g/mol. The lowest BCUT2D eigenvalue weighted by atomic mass is 10.1. The lowest BCUT2D eigenvalue weighted by Gasteiger charge is -2.19. The number of hydrogen-bond donors (Lipinski definition) is 3. The van der Waals surface area contributed by atoms with Gasteiger partial charge in [-0.05, 0) is 5.56 Å². The van der Waals surface area contributed by atoms with Gasteiger partial charge in [-0.25, -0.2) is 9.78 Å². The van der Waals surface area contributed by atoms with Gasteiger partial charge in [-0.2, -0.15) is 0 Å². The third kappa shape index (κ3) is 5.07. The van der Waals surface area contributed by atoms with Crippen LogP contribution in [0.2, 0.25) is 0 Å². The third-order valence-corrected chi connectivity index (χ3v) is 3.86. The average Bonchev–Trinajstić information content (AvgIpc) is 3.34. The fraction of sp³-hybridized carbons (Fsp3) is 0.211. The number of nitrogens with one attached hydrogen (secondary N) is 3. The Morgan fingerprint density at radius 1 is 1.19 bits per heavy atom. The van der Waals surface area contributed by atoms with E-state index < -0.39 is 12.1 Å². The van der Waals surface area contributed by atoms with Crippen LogP contribution in [0.25, 0.3) is 0 Å². The highest BCUT2D eigenvalue weighted by atomic mass is 16.5. The maximum absolute atomic E-state index is 12.6. The van der Waals surface area contributed by atoms with Crippen molar-refractivity contribution in [1.29, 1.82) is 0 Å². The predicted molar refractivity (Wildman–Crippen MR) is 96.1 cm³/mol. The molecule has 0 radical (unpaired) electrons. The van der Waals surface area contributed by atoms with Crippen molar-refractivity contribution in [3.8, 4) is 0 Å². The topological polar surface area (TPSA) is 96.1 Å². The van der Waals surface area contributed by atoms with Gasteiger partial charge in [-0.15, -0.1) is 0 Å². The molecule has 1 aromatic heterocycles. The lowest BCUT2D eigenvalue weighted by molar-refractivity contribution is -0.123. The summed E-state index contributed by atoms with van der Waals surface area (Å²) < 4.78 is 5.21. The highest BCUT2D eigenvalue weighted by Crippen LogP contribution is 2.05. The summed E-state index contributed by atoms with van der Waals surface area (Å²) in [7, 11) is 0. The van der Waals surface area contributed by atoms with E-state index >= 15 is 0 Å². The number of aromatic amines is 1. The van der Waals surface area contributed by atoms with Gasteiger partial charge in [-0.3, -0.25) is 4.79 Å². The number of benzene rings is 1. The Balaban J connectivity index is 1.58. The number of imidazole rings is 1. The first-order chi connectivity index (χ1) is 12.7. The summed E-state index contributed by atoms with van der Waals surface area (Å²) in [6.07, 6.45) is 10.2. The Morgan fingerprint density at radius 2 is 1.96 bits per heavy atom. The van der Waals surface area contributed by atoms with E-state index in [1.54, 1.807) is 6.20 Å². The number of rotatable bonds is 7. The minimum absolute atomic E-state index is 0.138. The molecule has 1 aliphatic rings. The molecule has 1 atom stereocenters. The zero-order chi connectivity index (χ0) is 18.2. The predicted octanol–water partition coefficient (Wildman–Crippen LogP) is 1.86. The second-order valence-electron chi connectivity index (χ2n) is 5.84. The van der Waals surface area contributed by atoms with Crippen molar-refractivity contribution in [3.05, 3.63) is 78.4 Å². The van der Waals surface area contributed by atoms with Gasteiger partial charge in [-0.1, -0.05) is 54.6 Å². The lowest BCUT2D eigenvalue weighted by Crippen LogP contribution is -2.50. The summed E-state index contributed by atoms with van der Waals surface area (Å²) >= 11 is 0. The molecule has 0 saturated heterocycles. The van der Waals surface area contributed by atoms with Gasteiger partial charge in [0, 0.05) is 18.3 Å². The number of alkyl carbamates (subject to hydrolysis) is 1.